The molecule has 0 amide bonds. The zero-order chi connectivity index (χ0) is 11.2. The first-order valence-corrected chi connectivity index (χ1v) is 9.28. The summed E-state index contributed by atoms with van der Waals surface area (Å²) in [4.78, 5) is 0. The summed E-state index contributed by atoms with van der Waals surface area (Å²) in [7, 11) is 0. The number of hydrogen-bond donors (Lipinski definition) is 1. The average Bonchev–Trinajstić information content (AvgIpc) is 2.26. The van der Waals surface area contributed by atoms with E-state index in [1.807, 2.05) is 0 Å². The van der Waals surface area contributed by atoms with E-state index in [4.69, 9.17) is 5.11 Å². The molecule has 0 fully saturated rings. The molecule has 0 aliphatic rings. The second-order valence-corrected chi connectivity index (χ2v) is 6.77. The molecule has 0 aliphatic heterocycles. The molecule has 2 heteroatoms. The predicted molar refractivity (Wildman–Crippen MR) is 69.4 cm³/mol. The van der Waals surface area contributed by atoms with Crippen LogP contribution < -0.4 is 0 Å². The predicted octanol–water partition coefficient (Wildman–Crippen LogP) is 3.76. The first-order chi connectivity index (χ1) is 7.41. The minimum atomic E-state index is 0.211. The quantitative estimate of drug-likeness (QED) is 0.453. The van der Waals surface area contributed by atoms with E-state index in [2.05, 4.69) is 17.1 Å². The van der Waals surface area contributed by atoms with Gasteiger partial charge in [0.25, 0.3) is 0 Å². The molecule has 0 aromatic heterocycles. The van der Waals surface area contributed by atoms with Crippen molar-refractivity contribution in [2.24, 2.45) is 0 Å². The van der Waals surface area contributed by atoms with Gasteiger partial charge in [-0.2, -0.15) is 0 Å². The fourth-order valence-corrected chi connectivity index (χ4v) is 3.80. The van der Waals surface area contributed by atoms with Crippen LogP contribution in [0.25, 0.3) is 0 Å². The Morgan fingerprint density at radius 3 is 2.47 bits per heavy atom. The number of hydrogen-bond acceptors (Lipinski definition) is 1. The van der Waals surface area contributed by atoms with Crippen molar-refractivity contribution in [3.63, 3.8) is 0 Å². The summed E-state index contributed by atoms with van der Waals surface area (Å²) in [5, 5.41) is 8.60. The molecule has 0 bridgehead atoms. The molecule has 0 saturated carbocycles. The van der Waals surface area contributed by atoms with Crippen LogP contribution in [0, 0.1) is 0 Å². The molecule has 1 nitrogen and oxygen atoms in total. The molecular formula is C13H26OTe. The van der Waals surface area contributed by atoms with Crippen molar-refractivity contribution in [1.82, 2.24) is 0 Å². The van der Waals surface area contributed by atoms with Gasteiger partial charge in [0.05, 0.1) is 0 Å². The summed E-state index contributed by atoms with van der Waals surface area (Å²) in [6.07, 6.45) is 12.6. The Morgan fingerprint density at radius 1 is 1.00 bits per heavy atom. The van der Waals surface area contributed by atoms with Crippen molar-refractivity contribution in [2.75, 3.05) is 6.61 Å². The molecular weight excluding hydrogens is 300 g/mol. The van der Waals surface area contributed by atoms with Crippen LogP contribution in [0.3, 0.4) is 0 Å². The Balaban J connectivity index is 2.96. The Hall–Kier alpha value is 0.490. The molecule has 0 rings (SSSR count). The standard InChI is InChI=1S/C13H26OTe/c1-2-3-12-15-13-10-8-6-4-5-7-9-11-14/h10,13-14H,2-9,11-12H2,1H3/b13-10-. The fraction of sp³-hybridized carbons (Fsp3) is 0.846. The van der Waals surface area contributed by atoms with Gasteiger partial charge in [0, 0.05) is 0 Å². The summed E-state index contributed by atoms with van der Waals surface area (Å²) < 4.78 is 3.95. The van der Waals surface area contributed by atoms with Crippen molar-refractivity contribution in [2.45, 2.75) is 62.8 Å². The first kappa shape index (κ1) is 15.5. The first-order valence-electron chi connectivity index (χ1n) is 6.29. The molecule has 1 N–H and O–H groups in total. The van der Waals surface area contributed by atoms with Gasteiger partial charge in [-0.05, 0) is 0 Å². The molecule has 0 spiro atoms. The van der Waals surface area contributed by atoms with E-state index in [0.717, 1.165) is 6.42 Å². The molecule has 0 saturated heterocycles. The summed E-state index contributed by atoms with van der Waals surface area (Å²) in [6, 6.07) is 0. The number of allylic oxidation sites excluding steroid dienone is 1. The van der Waals surface area contributed by atoms with Crippen molar-refractivity contribution < 1.29 is 5.11 Å². The molecule has 0 aromatic rings. The summed E-state index contributed by atoms with van der Waals surface area (Å²) >= 11 is 0.211. The van der Waals surface area contributed by atoms with Gasteiger partial charge in [0.2, 0.25) is 0 Å². The van der Waals surface area contributed by atoms with E-state index in [1.165, 1.54) is 49.4 Å². The van der Waals surface area contributed by atoms with Crippen molar-refractivity contribution in [3.05, 3.63) is 10.2 Å². The monoisotopic (exact) mass is 328 g/mol. The van der Waals surface area contributed by atoms with Crippen LogP contribution in [0.2, 0.25) is 4.47 Å². The third kappa shape index (κ3) is 14.5. The SMILES string of the molecule is CCCC[Te]/C=C\CCCCCCCO. The summed E-state index contributed by atoms with van der Waals surface area (Å²) in [6.45, 7) is 2.63. The van der Waals surface area contributed by atoms with Crippen LogP contribution >= 0.6 is 0 Å². The Bertz CT molecular complexity index is 134. The molecule has 15 heavy (non-hydrogen) atoms. The van der Waals surface area contributed by atoms with Crippen LogP contribution in [-0.4, -0.2) is 32.6 Å². The molecule has 0 radical (unpaired) electrons. The molecule has 0 atom stereocenters. The third-order valence-corrected chi connectivity index (χ3v) is 4.93. The zero-order valence-corrected chi connectivity index (χ0v) is 12.4. The Kier molecular flexibility index (Phi) is 15.0. The van der Waals surface area contributed by atoms with Gasteiger partial charge >= 0.3 is 106 Å². The van der Waals surface area contributed by atoms with E-state index >= 15 is 0 Å². The van der Waals surface area contributed by atoms with E-state index in [1.54, 1.807) is 0 Å². The maximum atomic E-state index is 8.60. The van der Waals surface area contributed by atoms with E-state index in [0.29, 0.717) is 6.61 Å². The van der Waals surface area contributed by atoms with Crippen LogP contribution in [0.15, 0.2) is 10.2 Å². The normalized spacial score (nSPS) is 11.3. The number of unbranched alkanes of at least 4 members (excludes halogenated alkanes) is 6. The zero-order valence-electron chi connectivity index (χ0n) is 10.1. The molecule has 0 aromatic carbocycles. The van der Waals surface area contributed by atoms with Gasteiger partial charge in [-0.3, -0.25) is 0 Å². The van der Waals surface area contributed by atoms with E-state index < -0.39 is 0 Å². The molecule has 0 aliphatic carbocycles. The average molecular weight is 326 g/mol. The van der Waals surface area contributed by atoms with Crippen LogP contribution in [0.1, 0.15) is 58.3 Å². The number of aliphatic hydroxyl groups excluding tert-OH is 1. The van der Waals surface area contributed by atoms with E-state index in [9.17, 15) is 0 Å². The molecule has 0 heterocycles. The fourth-order valence-electron chi connectivity index (χ4n) is 1.34. The van der Waals surface area contributed by atoms with Gasteiger partial charge < -0.3 is 0 Å². The molecule has 0 unspecified atom stereocenters. The Morgan fingerprint density at radius 2 is 1.73 bits per heavy atom. The van der Waals surface area contributed by atoms with Crippen molar-refractivity contribution in [1.29, 1.82) is 0 Å². The van der Waals surface area contributed by atoms with Crippen molar-refractivity contribution in [3.8, 4) is 0 Å². The number of rotatable bonds is 11. The summed E-state index contributed by atoms with van der Waals surface area (Å²) in [5.74, 6) is 0. The second kappa shape index (κ2) is 14.5. The molecule has 90 valence electrons. The second-order valence-electron chi connectivity index (χ2n) is 3.88. The number of aliphatic hydroxyl groups is 1. The van der Waals surface area contributed by atoms with Crippen LogP contribution in [0.5, 0.6) is 0 Å². The van der Waals surface area contributed by atoms with Gasteiger partial charge in [0.1, 0.15) is 0 Å². The Labute approximate surface area is 105 Å². The van der Waals surface area contributed by atoms with Gasteiger partial charge in [0.15, 0.2) is 0 Å². The topological polar surface area (TPSA) is 20.2 Å². The van der Waals surface area contributed by atoms with E-state index in [-0.39, 0.29) is 20.9 Å². The van der Waals surface area contributed by atoms with Gasteiger partial charge in [-0.15, -0.1) is 0 Å². The van der Waals surface area contributed by atoms with Crippen LogP contribution in [-0.2, 0) is 0 Å². The van der Waals surface area contributed by atoms with Crippen molar-refractivity contribution >= 4 is 20.9 Å². The van der Waals surface area contributed by atoms with Gasteiger partial charge in [-0.25, -0.2) is 0 Å². The van der Waals surface area contributed by atoms with Crippen LogP contribution in [0.4, 0.5) is 0 Å². The maximum absolute atomic E-state index is 8.60. The van der Waals surface area contributed by atoms with Gasteiger partial charge in [-0.1, -0.05) is 0 Å². The minimum absolute atomic E-state index is 0.211. The third-order valence-electron chi connectivity index (χ3n) is 2.34. The summed E-state index contributed by atoms with van der Waals surface area (Å²) in [5.41, 5.74) is 0.